The number of carboxylic acid groups (broad SMARTS) is 1. The van der Waals surface area contributed by atoms with Gasteiger partial charge in [-0.15, -0.1) is 0 Å². The van der Waals surface area contributed by atoms with Gasteiger partial charge in [-0.25, -0.2) is 14.4 Å². The predicted molar refractivity (Wildman–Crippen MR) is 54.6 cm³/mol. The maximum Gasteiger partial charge on any atom is 0.308 e. The highest BCUT2D eigenvalue weighted by Crippen LogP contribution is 2.20. The minimum absolute atomic E-state index is 0.387. The molecule has 1 aliphatic rings. The molecule has 1 aromatic rings. The van der Waals surface area contributed by atoms with Gasteiger partial charge >= 0.3 is 5.97 Å². The molecule has 0 saturated carbocycles. The van der Waals surface area contributed by atoms with Crippen molar-refractivity contribution in [3.8, 4) is 0 Å². The smallest absolute Gasteiger partial charge is 0.308 e. The Morgan fingerprint density at radius 2 is 2.19 bits per heavy atom. The van der Waals surface area contributed by atoms with Crippen LogP contribution in [0.3, 0.4) is 0 Å². The molecule has 1 saturated heterocycles. The third-order valence-electron chi connectivity index (χ3n) is 2.66. The first-order chi connectivity index (χ1) is 7.66. The van der Waals surface area contributed by atoms with Gasteiger partial charge in [-0.1, -0.05) is 0 Å². The molecule has 0 spiro atoms. The second kappa shape index (κ2) is 4.42. The number of hydrogen-bond donors (Lipinski definition) is 1. The Morgan fingerprint density at radius 1 is 1.50 bits per heavy atom. The van der Waals surface area contributed by atoms with Crippen LogP contribution in [0.4, 0.5) is 10.3 Å². The van der Waals surface area contributed by atoms with Crippen LogP contribution in [0.1, 0.15) is 12.8 Å². The number of aromatic nitrogens is 2. The summed E-state index contributed by atoms with van der Waals surface area (Å²) in [6, 6.07) is 0. The number of piperidine rings is 1. The Hall–Kier alpha value is -1.72. The molecular weight excluding hydrogens is 213 g/mol. The molecule has 16 heavy (non-hydrogen) atoms. The van der Waals surface area contributed by atoms with Crippen LogP contribution in [0.15, 0.2) is 12.4 Å². The molecule has 5 nitrogen and oxygen atoms in total. The van der Waals surface area contributed by atoms with Crippen molar-refractivity contribution < 1.29 is 14.3 Å². The molecule has 2 heterocycles. The van der Waals surface area contributed by atoms with Crippen molar-refractivity contribution in [1.82, 2.24) is 9.97 Å². The van der Waals surface area contributed by atoms with Crippen molar-refractivity contribution >= 4 is 11.9 Å². The Labute approximate surface area is 91.9 Å². The number of anilines is 1. The van der Waals surface area contributed by atoms with E-state index in [9.17, 15) is 9.18 Å². The molecule has 0 unspecified atom stereocenters. The lowest BCUT2D eigenvalue weighted by molar-refractivity contribution is -0.141. The van der Waals surface area contributed by atoms with Gasteiger partial charge in [0, 0.05) is 13.1 Å². The monoisotopic (exact) mass is 225 g/mol. The van der Waals surface area contributed by atoms with Gasteiger partial charge in [0.1, 0.15) is 0 Å². The van der Waals surface area contributed by atoms with Gasteiger partial charge in [-0.3, -0.25) is 4.79 Å². The molecule has 0 radical (unpaired) electrons. The first kappa shape index (κ1) is 10.8. The maximum atomic E-state index is 12.6. The Kier molecular flexibility index (Phi) is 2.98. The molecule has 1 fully saturated rings. The van der Waals surface area contributed by atoms with E-state index >= 15 is 0 Å². The minimum atomic E-state index is -0.799. The fourth-order valence-electron chi connectivity index (χ4n) is 1.83. The maximum absolute atomic E-state index is 12.6. The molecule has 1 aliphatic heterocycles. The summed E-state index contributed by atoms with van der Waals surface area (Å²) in [5.41, 5.74) is 0. The first-order valence-electron chi connectivity index (χ1n) is 5.12. The summed E-state index contributed by atoms with van der Waals surface area (Å²) >= 11 is 0. The summed E-state index contributed by atoms with van der Waals surface area (Å²) in [5.74, 6) is -1.28. The highest BCUT2D eigenvalue weighted by molar-refractivity contribution is 5.71. The average Bonchev–Trinajstić information content (AvgIpc) is 2.30. The average molecular weight is 225 g/mol. The number of halogens is 1. The van der Waals surface area contributed by atoms with Crippen LogP contribution in [0.5, 0.6) is 0 Å². The lowest BCUT2D eigenvalue weighted by Gasteiger charge is -2.30. The summed E-state index contributed by atoms with van der Waals surface area (Å²) in [4.78, 5) is 20.3. The van der Waals surface area contributed by atoms with E-state index in [2.05, 4.69) is 9.97 Å². The molecule has 2 rings (SSSR count). The van der Waals surface area contributed by atoms with Gasteiger partial charge in [0.15, 0.2) is 5.82 Å². The normalized spacial score (nSPS) is 20.8. The quantitative estimate of drug-likeness (QED) is 0.810. The topological polar surface area (TPSA) is 66.3 Å². The van der Waals surface area contributed by atoms with Crippen LogP contribution < -0.4 is 4.90 Å². The number of nitrogens with zero attached hydrogens (tertiary/aromatic N) is 3. The van der Waals surface area contributed by atoms with Gasteiger partial charge in [0.05, 0.1) is 18.3 Å². The lowest BCUT2D eigenvalue weighted by Crippen LogP contribution is -2.39. The van der Waals surface area contributed by atoms with Crippen LogP contribution in [0, 0.1) is 11.7 Å². The van der Waals surface area contributed by atoms with E-state index in [1.54, 1.807) is 4.90 Å². The lowest BCUT2D eigenvalue weighted by atomic mass is 9.99. The molecule has 6 heteroatoms. The summed E-state index contributed by atoms with van der Waals surface area (Å²) < 4.78 is 12.6. The van der Waals surface area contributed by atoms with Crippen molar-refractivity contribution in [2.24, 2.45) is 5.92 Å². The van der Waals surface area contributed by atoms with Crippen LogP contribution >= 0.6 is 0 Å². The number of hydrogen-bond acceptors (Lipinski definition) is 4. The first-order valence-corrected chi connectivity index (χ1v) is 5.12. The van der Waals surface area contributed by atoms with Gasteiger partial charge < -0.3 is 10.0 Å². The fraction of sp³-hybridized carbons (Fsp3) is 0.500. The van der Waals surface area contributed by atoms with Crippen molar-refractivity contribution in [3.05, 3.63) is 18.2 Å². The molecule has 0 aliphatic carbocycles. The van der Waals surface area contributed by atoms with E-state index in [0.717, 1.165) is 25.4 Å². The van der Waals surface area contributed by atoms with Crippen molar-refractivity contribution in [2.75, 3.05) is 18.0 Å². The molecule has 1 atom stereocenters. The van der Waals surface area contributed by atoms with Crippen LogP contribution in [-0.4, -0.2) is 34.1 Å². The molecule has 0 bridgehead atoms. The standard InChI is InChI=1S/C10H12FN3O2/c11-8-4-12-10(13-5-8)14-3-1-2-7(6-14)9(15)16/h4-5,7H,1-3,6H2,(H,15,16)/t7-/m0/s1. The van der Waals surface area contributed by atoms with E-state index in [0.29, 0.717) is 18.9 Å². The second-order valence-corrected chi connectivity index (χ2v) is 3.82. The SMILES string of the molecule is O=C(O)[C@H]1CCCN(c2ncc(F)cn2)C1. The third-order valence-corrected chi connectivity index (χ3v) is 2.66. The van der Waals surface area contributed by atoms with E-state index < -0.39 is 11.8 Å². The number of aliphatic carboxylic acids is 1. The number of carbonyl (C=O) groups is 1. The van der Waals surface area contributed by atoms with E-state index in [4.69, 9.17) is 5.11 Å². The van der Waals surface area contributed by atoms with Gasteiger partial charge in [-0.2, -0.15) is 0 Å². The zero-order valence-electron chi connectivity index (χ0n) is 8.64. The minimum Gasteiger partial charge on any atom is -0.481 e. The zero-order valence-corrected chi connectivity index (χ0v) is 8.64. The van der Waals surface area contributed by atoms with Gasteiger partial charge in [0.25, 0.3) is 0 Å². The van der Waals surface area contributed by atoms with E-state index in [-0.39, 0.29) is 5.92 Å². The van der Waals surface area contributed by atoms with Crippen molar-refractivity contribution in [1.29, 1.82) is 0 Å². The van der Waals surface area contributed by atoms with Crippen LogP contribution in [0.25, 0.3) is 0 Å². The predicted octanol–water partition coefficient (Wildman–Crippen LogP) is 0.917. The summed E-state index contributed by atoms with van der Waals surface area (Å²) in [6.07, 6.45) is 3.64. The van der Waals surface area contributed by atoms with Crippen LogP contribution in [0.2, 0.25) is 0 Å². The molecule has 0 amide bonds. The summed E-state index contributed by atoms with van der Waals surface area (Å²) in [5, 5.41) is 8.92. The molecule has 86 valence electrons. The molecule has 0 aromatic carbocycles. The highest BCUT2D eigenvalue weighted by Gasteiger charge is 2.26. The summed E-state index contributed by atoms with van der Waals surface area (Å²) in [6.45, 7) is 1.11. The van der Waals surface area contributed by atoms with Crippen molar-refractivity contribution in [3.63, 3.8) is 0 Å². The number of carboxylic acids is 1. The van der Waals surface area contributed by atoms with Gasteiger partial charge in [-0.05, 0) is 12.8 Å². The van der Waals surface area contributed by atoms with Crippen molar-refractivity contribution in [2.45, 2.75) is 12.8 Å². The molecule has 1 N–H and O–H groups in total. The largest absolute Gasteiger partial charge is 0.481 e. The Balaban J connectivity index is 2.09. The van der Waals surface area contributed by atoms with Crippen LogP contribution in [-0.2, 0) is 4.79 Å². The Morgan fingerprint density at radius 3 is 2.81 bits per heavy atom. The Bertz CT molecular complexity index is 382. The molecular formula is C10H12FN3O2. The fourth-order valence-corrected chi connectivity index (χ4v) is 1.83. The van der Waals surface area contributed by atoms with E-state index in [1.165, 1.54) is 0 Å². The second-order valence-electron chi connectivity index (χ2n) is 3.82. The third kappa shape index (κ3) is 2.26. The summed E-state index contributed by atoms with van der Waals surface area (Å²) in [7, 11) is 0. The van der Waals surface area contributed by atoms with E-state index in [1.807, 2.05) is 0 Å². The van der Waals surface area contributed by atoms with Gasteiger partial charge in [0.2, 0.25) is 5.95 Å². The highest BCUT2D eigenvalue weighted by atomic mass is 19.1. The number of rotatable bonds is 2. The zero-order chi connectivity index (χ0) is 11.5. The molecule has 1 aromatic heterocycles.